The van der Waals surface area contributed by atoms with Gasteiger partial charge in [-0.05, 0) is 42.2 Å². The Kier molecular flexibility index (Phi) is 6.20. The molecular weight excluding hydrogens is 408 g/mol. The van der Waals surface area contributed by atoms with Crippen molar-refractivity contribution in [1.29, 1.82) is 0 Å². The summed E-state index contributed by atoms with van der Waals surface area (Å²) in [4.78, 5) is 4.18. The Morgan fingerprint density at radius 1 is 0.667 bits per heavy atom. The van der Waals surface area contributed by atoms with Crippen LogP contribution < -0.4 is 4.74 Å². The first-order valence-corrected chi connectivity index (χ1v) is 11.1. The molecule has 5 nitrogen and oxygen atoms in total. The van der Waals surface area contributed by atoms with Crippen molar-refractivity contribution in [3.05, 3.63) is 109 Å². The fraction of sp³-hybridized carbons (Fsp3) is 0.107. The SMILES string of the molecule is c1ccc(-c2ccccc2OCCCc2ccc(-c3n[nH]nc3-c3cccnc3)cc2)cc1. The highest BCUT2D eigenvalue weighted by molar-refractivity contribution is 5.77. The predicted molar refractivity (Wildman–Crippen MR) is 131 cm³/mol. The lowest BCUT2D eigenvalue weighted by Crippen LogP contribution is -2.00. The van der Waals surface area contributed by atoms with Crippen molar-refractivity contribution in [2.75, 3.05) is 6.61 Å². The van der Waals surface area contributed by atoms with Crippen molar-refractivity contribution >= 4 is 0 Å². The number of H-pyrrole nitrogens is 1. The van der Waals surface area contributed by atoms with Crippen molar-refractivity contribution in [2.24, 2.45) is 0 Å². The summed E-state index contributed by atoms with van der Waals surface area (Å²) < 4.78 is 6.13. The number of nitrogens with one attached hydrogen (secondary N) is 1. The van der Waals surface area contributed by atoms with Gasteiger partial charge in [-0.3, -0.25) is 4.98 Å². The number of hydrogen-bond donors (Lipinski definition) is 1. The van der Waals surface area contributed by atoms with Crippen LogP contribution in [0.1, 0.15) is 12.0 Å². The number of para-hydroxylation sites is 1. The number of aryl methyl sites for hydroxylation is 1. The van der Waals surface area contributed by atoms with Crippen LogP contribution in [0, 0.1) is 0 Å². The number of hydrogen-bond acceptors (Lipinski definition) is 4. The fourth-order valence-electron chi connectivity index (χ4n) is 3.87. The van der Waals surface area contributed by atoms with Crippen LogP contribution in [0.15, 0.2) is 103 Å². The highest BCUT2D eigenvalue weighted by atomic mass is 16.5. The summed E-state index contributed by atoms with van der Waals surface area (Å²) in [5.74, 6) is 0.924. The molecule has 1 N–H and O–H groups in total. The number of nitrogens with zero attached hydrogens (tertiary/aromatic N) is 3. The number of rotatable bonds is 8. The van der Waals surface area contributed by atoms with E-state index in [0.29, 0.717) is 6.61 Å². The van der Waals surface area contributed by atoms with E-state index in [1.807, 2.05) is 36.4 Å². The molecule has 0 aliphatic heterocycles. The third-order valence-corrected chi connectivity index (χ3v) is 5.55. The lowest BCUT2D eigenvalue weighted by Gasteiger charge is -2.12. The van der Waals surface area contributed by atoms with E-state index in [4.69, 9.17) is 4.74 Å². The fourth-order valence-corrected chi connectivity index (χ4v) is 3.87. The average molecular weight is 433 g/mol. The van der Waals surface area contributed by atoms with Gasteiger partial charge in [0.05, 0.1) is 6.61 Å². The van der Waals surface area contributed by atoms with Crippen LogP contribution in [0.3, 0.4) is 0 Å². The van der Waals surface area contributed by atoms with E-state index in [-0.39, 0.29) is 0 Å². The quantitative estimate of drug-likeness (QED) is 0.296. The van der Waals surface area contributed by atoms with E-state index in [9.17, 15) is 0 Å². The van der Waals surface area contributed by atoms with E-state index in [1.54, 1.807) is 12.4 Å². The molecule has 0 bridgehead atoms. The van der Waals surface area contributed by atoms with Crippen molar-refractivity contribution in [3.8, 4) is 39.4 Å². The normalized spacial score (nSPS) is 10.8. The van der Waals surface area contributed by atoms with Crippen LogP contribution in [0.25, 0.3) is 33.6 Å². The number of aromatic amines is 1. The van der Waals surface area contributed by atoms with Gasteiger partial charge in [-0.2, -0.15) is 15.4 Å². The molecule has 0 radical (unpaired) electrons. The van der Waals surface area contributed by atoms with Crippen LogP contribution in [-0.4, -0.2) is 27.0 Å². The number of ether oxygens (including phenoxy) is 1. The zero-order valence-electron chi connectivity index (χ0n) is 18.2. The van der Waals surface area contributed by atoms with Crippen molar-refractivity contribution < 1.29 is 4.74 Å². The topological polar surface area (TPSA) is 63.7 Å². The molecule has 0 saturated heterocycles. The molecule has 0 fully saturated rings. The van der Waals surface area contributed by atoms with Crippen LogP contribution in [0.2, 0.25) is 0 Å². The molecule has 0 amide bonds. The maximum absolute atomic E-state index is 6.13. The van der Waals surface area contributed by atoms with Crippen LogP contribution >= 0.6 is 0 Å². The van der Waals surface area contributed by atoms with Crippen molar-refractivity contribution in [2.45, 2.75) is 12.8 Å². The molecule has 0 spiro atoms. The second-order valence-corrected chi connectivity index (χ2v) is 7.77. The minimum absolute atomic E-state index is 0.667. The van der Waals surface area contributed by atoms with Gasteiger partial charge in [0.1, 0.15) is 17.1 Å². The third kappa shape index (κ3) is 4.83. The summed E-state index contributed by atoms with van der Waals surface area (Å²) in [7, 11) is 0. The number of aromatic nitrogens is 4. The van der Waals surface area contributed by atoms with Gasteiger partial charge in [-0.25, -0.2) is 0 Å². The van der Waals surface area contributed by atoms with Crippen LogP contribution in [0.5, 0.6) is 5.75 Å². The van der Waals surface area contributed by atoms with Crippen LogP contribution in [0.4, 0.5) is 0 Å². The smallest absolute Gasteiger partial charge is 0.127 e. The van der Waals surface area contributed by atoms with Gasteiger partial charge in [0.25, 0.3) is 0 Å². The van der Waals surface area contributed by atoms with E-state index in [0.717, 1.165) is 46.7 Å². The van der Waals surface area contributed by atoms with Gasteiger partial charge in [0, 0.05) is 29.1 Å². The standard InChI is InChI=1S/C28H24N4O/c1-2-9-22(10-3-1)25-12-4-5-13-26(25)33-19-7-8-21-14-16-23(17-15-21)27-28(31-32-30-27)24-11-6-18-29-20-24/h1-6,9-18,20H,7-8,19H2,(H,30,31,32). The highest BCUT2D eigenvalue weighted by Crippen LogP contribution is 2.30. The zero-order chi connectivity index (χ0) is 22.3. The average Bonchev–Trinajstić information content (AvgIpc) is 3.38. The Hall–Kier alpha value is -4.25. The summed E-state index contributed by atoms with van der Waals surface area (Å²) in [5.41, 5.74) is 7.17. The van der Waals surface area contributed by atoms with E-state index in [2.05, 4.69) is 75.0 Å². The summed E-state index contributed by atoms with van der Waals surface area (Å²) in [6, 6.07) is 30.9. The molecule has 5 rings (SSSR count). The monoisotopic (exact) mass is 432 g/mol. The maximum Gasteiger partial charge on any atom is 0.127 e. The maximum atomic E-state index is 6.13. The molecule has 33 heavy (non-hydrogen) atoms. The Morgan fingerprint density at radius 3 is 2.18 bits per heavy atom. The second-order valence-electron chi connectivity index (χ2n) is 7.77. The summed E-state index contributed by atoms with van der Waals surface area (Å²) in [6.07, 6.45) is 5.43. The summed E-state index contributed by atoms with van der Waals surface area (Å²) in [6.45, 7) is 0.667. The zero-order valence-corrected chi connectivity index (χ0v) is 18.2. The van der Waals surface area contributed by atoms with E-state index < -0.39 is 0 Å². The minimum Gasteiger partial charge on any atom is -0.493 e. The largest absolute Gasteiger partial charge is 0.493 e. The molecule has 162 valence electrons. The molecule has 0 unspecified atom stereocenters. The number of pyridine rings is 1. The molecule has 5 aromatic rings. The van der Waals surface area contributed by atoms with Gasteiger partial charge in [0.2, 0.25) is 0 Å². The molecule has 5 heteroatoms. The predicted octanol–water partition coefficient (Wildman–Crippen LogP) is 6.21. The van der Waals surface area contributed by atoms with Gasteiger partial charge in [0.15, 0.2) is 0 Å². The van der Waals surface area contributed by atoms with E-state index >= 15 is 0 Å². The van der Waals surface area contributed by atoms with Crippen molar-refractivity contribution in [1.82, 2.24) is 20.4 Å². The Balaban J connectivity index is 1.20. The molecule has 0 atom stereocenters. The van der Waals surface area contributed by atoms with Crippen molar-refractivity contribution in [3.63, 3.8) is 0 Å². The Morgan fingerprint density at radius 2 is 1.39 bits per heavy atom. The lowest BCUT2D eigenvalue weighted by atomic mass is 10.0. The molecule has 2 heterocycles. The van der Waals surface area contributed by atoms with Gasteiger partial charge in [-0.15, -0.1) is 0 Å². The summed E-state index contributed by atoms with van der Waals surface area (Å²) in [5, 5.41) is 11.4. The third-order valence-electron chi connectivity index (χ3n) is 5.55. The van der Waals surface area contributed by atoms with Gasteiger partial charge in [-0.1, -0.05) is 72.8 Å². The molecule has 3 aromatic carbocycles. The first-order chi connectivity index (χ1) is 16.4. The summed E-state index contributed by atoms with van der Waals surface area (Å²) >= 11 is 0. The molecule has 0 saturated carbocycles. The molecule has 2 aromatic heterocycles. The Labute approximate surface area is 193 Å². The van der Waals surface area contributed by atoms with E-state index in [1.165, 1.54) is 11.1 Å². The van der Waals surface area contributed by atoms with Gasteiger partial charge >= 0.3 is 0 Å². The lowest BCUT2D eigenvalue weighted by molar-refractivity contribution is 0.312. The Bertz CT molecular complexity index is 1300. The minimum atomic E-state index is 0.667. The van der Waals surface area contributed by atoms with Gasteiger partial charge < -0.3 is 4.74 Å². The first kappa shape index (κ1) is 20.6. The second kappa shape index (κ2) is 9.92. The molecular formula is C28H24N4O. The first-order valence-electron chi connectivity index (χ1n) is 11.1. The van der Waals surface area contributed by atoms with Crippen LogP contribution in [-0.2, 0) is 6.42 Å². The molecule has 0 aliphatic rings. The molecule has 0 aliphatic carbocycles. The number of benzene rings is 3. The highest BCUT2D eigenvalue weighted by Gasteiger charge is 2.12.